The van der Waals surface area contributed by atoms with Crippen LogP contribution in [0.3, 0.4) is 0 Å². The highest BCUT2D eigenvalue weighted by molar-refractivity contribution is 6.17. The highest BCUT2D eigenvalue weighted by Gasteiger charge is 2.26. The predicted octanol–water partition coefficient (Wildman–Crippen LogP) is 9.94. The van der Waals surface area contributed by atoms with Gasteiger partial charge in [0.25, 0.3) is 0 Å². The number of furan rings is 1. The molecule has 1 aliphatic heterocycles. The summed E-state index contributed by atoms with van der Waals surface area (Å²) in [5.41, 5.74) is 12.5. The third kappa shape index (κ3) is 2.85. The molecule has 0 N–H and O–H groups in total. The topological polar surface area (TPSA) is 43.9 Å². The number of aromatic nitrogens is 3. The molecule has 0 bridgehead atoms. The van der Waals surface area contributed by atoms with Crippen molar-refractivity contribution in [2.75, 3.05) is 0 Å². The van der Waals surface area contributed by atoms with E-state index in [1.165, 1.54) is 21.9 Å². The van der Waals surface area contributed by atoms with Gasteiger partial charge in [0.1, 0.15) is 16.9 Å². The molecule has 4 heteroatoms. The van der Waals surface area contributed by atoms with Crippen LogP contribution in [-0.2, 0) is 0 Å². The van der Waals surface area contributed by atoms with E-state index in [0.29, 0.717) is 0 Å². The molecule has 0 spiro atoms. The van der Waals surface area contributed by atoms with Crippen LogP contribution in [0.1, 0.15) is 0 Å². The number of hydrogen-bond donors (Lipinski definition) is 0. The Bertz CT molecular complexity index is 2590. The van der Waals surface area contributed by atoms with Crippen molar-refractivity contribution in [2.45, 2.75) is 0 Å². The fraction of sp³-hybridized carbons (Fsp3) is 0. The van der Waals surface area contributed by atoms with Crippen LogP contribution in [0.5, 0.6) is 0 Å². The third-order valence-corrected chi connectivity index (χ3v) is 8.74. The highest BCUT2D eigenvalue weighted by atomic mass is 16.3. The maximum atomic E-state index is 6.22. The molecule has 0 amide bonds. The molecule has 194 valence electrons. The summed E-state index contributed by atoms with van der Waals surface area (Å²) in [5, 5.41) is 4.67. The first-order valence-electron chi connectivity index (χ1n) is 14.2. The molecule has 4 nitrogen and oxygen atoms in total. The zero-order valence-corrected chi connectivity index (χ0v) is 22.4. The molecule has 1 aliphatic rings. The van der Waals surface area contributed by atoms with Crippen molar-refractivity contribution in [2.24, 2.45) is 0 Å². The van der Waals surface area contributed by atoms with Crippen LogP contribution in [0.15, 0.2) is 132 Å². The lowest BCUT2D eigenvalue weighted by Gasteiger charge is -2.12. The van der Waals surface area contributed by atoms with E-state index in [0.717, 1.165) is 72.2 Å². The molecule has 4 heterocycles. The van der Waals surface area contributed by atoms with Crippen molar-refractivity contribution in [1.29, 1.82) is 0 Å². The summed E-state index contributed by atoms with van der Waals surface area (Å²) in [4.78, 5) is 10.4. The van der Waals surface area contributed by atoms with Crippen molar-refractivity contribution < 1.29 is 4.42 Å². The number of fused-ring (bicyclic) bond motifs is 12. The first-order chi connectivity index (χ1) is 20.8. The molecule has 3 aromatic heterocycles. The van der Waals surface area contributed by atoms with Crippen LogP contribution < -0.4 is 0 Å². The van der Waals surface area contributed by atoms with Crippen LogP contribution in [0, 0.1) is 0 Å². The monoisotopic (exact) mass is 535 g/mol. The summed E-state index contributed by atoms with van der Waals surface area (Å²) < 4.78 is 8.54. The van der Waals surface area contributed by atoms with Crippen molar-refractivity contribution in [3.8, 4) is 39.3 Å². The zero-order valence-electron chi connectivity index (χ0n) is 22.4. The molecule has 42 heavy (non-hydrogen) atoms. The second-order valence-electron chi connectivity index (χ2n) is 11.0. The fourth-order valence-corrected chi connectivity index (χ4v) is 6.84. The highest BCUT2D eigenvalue weighted by Crippen LogP contribution is 2.46. The first kappa shape index (κ1) is 22.0. The van der Waals surface area contributed by atoms with Crippen LogP contribution in [0.4, 0.5) is 0 Å². The van der Waals surface area contributed by atoms with Gasteiger partial charge in [-0.15, -0.1) is 0 Å². The molecule has 0 atom stereocenters. The molecular weight excluding hydrogens is 514 g/mol. The predicted molar refractivity (Wildman–Crippen MR) is 171 cm³/mol. The van der Waals surface area contributed by atoms with Crippen LogP contribution in [0.25, 0.3) is 94.1 Å². The molecule has 0 saturated carbocycles. The summed E-state index contributed by atoms with van der Waals surface area (Å²) in [6.07, 6.45) is 0. The minimum Gasteiger partial charge on any atom is -0.456 e. The minimum absolute atomic E-state index is 0.863. The van der Waals surface area contributed by atoms with Gasteiger partial charge in [-0.1, -0.05) is 84.9 Å². The Morgan fingerprint density at radius 2 is 1.17 bits per heavy atom. The molecule has 0 aliphatic carbocycles. The standard InChI is InChI=1S/C38H21N3O/c1-2-10-27-24(8-1)28-11-7-12-29-30-20-22(23-16-18-26-25-9-3-6-15-34(25)42-35(26)21-23)17-19-33(30)41(37(28)29)38-36(27)39-31-13-4-5-14-32(31)40-38/h1-21H. The molecule has 6 aromatic carbocycles. The van der Waals surface area contributed by atoms with Gasteiger partial charge >= 0.3 is 0 Å². The van der Waals surface area contributed by atoms with Crippen LogP contribution in [0.2, 0.25) is 0 Å². The number of hydrogen-bond acceptors (Lipinski definition) is 3. The Balaban J connectivity index is 1.29. The summed E-state index contributed by atoms with van der Waals surface area (Å²) in [5.74, 6) is 0.863. The van der Waals surface area contributed by atoms with E-state index in [-0.39, 0.29) is 0 Å². The fourth-order valence-electron chi connectivity index (χ4n) is 6.84. The number of nitrogens with zero attached hydrogens (tertiary/aromatic N) is 3. The van der Waals surface area contributed by atoms with Gasteiger partial charge in [0.05, 0.1) is 22.1 Å². The van der Waals surface area contributed by atoms with Crippen molar-refractivity contribution in [1.82, 2.24) is 14.5 Å². The van der Waals surface area contributed by atoms with Crippen molar-refractivity contribution >= 4 is 54.8 Å². The van der Waals surface area contributed by atoms with E-state index in [2.05, 4.69) is 95.6 Å². The lowest BCUT2D eigenvalue weighted by molar-refractivity contribution is 0.669. The molecule has 0 unspecified atom stereocenters. The largest absolute Gasteiger partial charge is 0.456 e. The van der Waals surface area contributed by atoms with Crippen LogP contribution in [-0.4, -0.2) is 14.5 Å². The Morgan fingerprint density at radius 1 is 0.476 bits per heavy atom. The van der Waals surface area contributed by atoms with E-state index in [1.807, 2.05) is 36.4 Å². The van der Waals surface area contributed by atoms with Crippen molar-refractivity contribution in [3.63, 3.8) is 0 Å². The van der Waals surface area contributed by atoms with E-state index in [4.69, 9.17) is 14.4 Å². The molecule has 0 saturated heterocycles. The maximum absolute atomic E-state index is 6.22. The Kier molecular flexibility index (Phi) is 4.15. The minimum atomic E-state index is 0.863. The molecule has 0 radical (unpaired) electrons. The maximum Gasteiger partial charge on any atom is 0.165 e. The normalized spacial score (nSPS) is 12.3. The quantitative estimate of drug-likeness (QED) is 0.210. The van der Waals surface area contributed by atoms with Gasteiger partial charge in [0.2, 0.25) is 0 Å². The molecule has 10 rings (SSSR count). The van der Waals surface area contributed by atoms with Gasteiger partial charge in [-0.05, 0) is 59.2 Å². The summed E-state index contributed by atoms with van der Waals surface area (Å²) in [6.45, 7) is 0. The average molecular weight is 536 g/mol. The van der Waals surface area contributed by atoms with Gasteiger partial charge in [-0.25, -0.2) is 9.97 Å². The van der Waals surface area contributed by atoms with Gasteiger partial charge < -0.3 is 4.42 Å². The second-order valence-corrected chi connectivity index (χ2v) is 11.0. The number of rotatable bonds is 1. The third-order valence-electron chi connectivity index (χ3n) is 8.74. The van der Waals surface area contributed by atoms with Gasteiger partial charge in [0, 0.05) is 32.7 Å². The van der Waals surface area contributed by atoms with Crippen molar-refractivity contribution in [3.05, 3.63) is 127 Å². The summed E-state index contributed by atoms with van der Waals surface area (Å²) in [7, 11) is 0. The Morgan fingerprint density at radius 3 is 2.10 bits per heavy atom. The average Bonchev–Trinajstić information content (AvgIpc) is 3.55. The number of benzene rings is 6. The Hall–Kier alpha value is -5.74. The lowest BCUT2D eigenvalue weighted by atomic mass is 9.96. The summed E-state index contributed by atoms with van der Waals surface area (Å²) >= 11 is 0. The van der Waals surface area contributed by atoms with E-state index in [9.17, 15) is 0 Å². The van der Waals surface area contributed by atoms with Gasteiger partial charge in [-0.2, -0.15) is 0 Å². The second kappa shape index (κ2) is 7.93. The molecule has 9 aromatic rings. The Labute approximate surface area is 240 Å². The SMILES string of the molecule is c1ccc2c(c1)-c1nc3ccccc3nc1-n1c3ccc(-c4ccc5c(c4)oc4ccccc45)cc3c3cccc-2c31. The van der Waals surface area contributed by atoms with Gasteiger partial charge in [-0.3, -0.25) is 4.57 Å². The molecular formula is C38H21N3O. The van der Waals surface area contributed by atoms with E-state index >= 15 is 0 Å². The number of para-hydroxylation sites is 4. The molecule has 0 fully saturated rings. The van der Waals surface area contributed by atoms with E-state index in [1.54, 1.807) is 0 Å². The summed E-state index contributed by atoms with van der Waals surface area (Å²) in [6, 6.07) is 44.8. The zero-order chi connectivity index (χ0) is 27.4. The van der Waals surface area contributed by atoms with E-state index < -0.39 is 0 Å². The lowest BCUT2D eigenvalue weighted by Crippen LogP contribution is -2.02. The van der Waals surface area contributed by atoms with Crippen LogP contribution >= 0.6 is 0 Å². The van der Waals surface area contributed by atoms with Gasteiger partial charge in [0.15, 0.2) is 5.82 Å². The smallest absolute Gasteiger partial charge is 0.165 e. The first-order valence-corrected chi connectivity index (χ1v) is 14.2.